The van der Waals surface area contributed by atoms with E-state index >= 15 is 0 Å². The van der Waals surface area contributed by atoms with E-state index in [4.69, 9.17) is 9.47 Å². The molecule has 2 heterocycles. The van der Waals surface area contributed by atoms with Gasteiger partial charge in [-0.25, -0.2) is 4.98 Å². The van der Waals surface area contributed by atoms with Crippen LogP contribution in [0.1, 0.15) is 5.56 Å². The number of nitrogens with one attached hydrogen (secondary N) is 1. The van der Waals surface area contributed by atoms with E-state index < -0.39 is 0 Å². The summed E-state index contributed by atoms with van der Waals surface area (Å²) in [7, 11) is 1.60. The summed E-state index contributed by atoms with van der Waals surface area (Å²) in [5, 5.41) is 2.91. The van der Waals surface area contributed by atoms with Gasteiger partial charge in [-0.3, -0.25) is 4.79 Å². The second-order valence-electron chi connectivity index (χ2n) is 5.68. The summed E-state index contributed by atoms with van der Waals surface area (Å²) in [6.07, 6.45) is 4.94. The van der Waals surface area contributed by atoms with E-state index in [2.05, 4.69) is 31.1 Å². The second-order valence-corrected chi connectivity index (χ2v) is 6.60. The van der Waals surface area contributed by atoms with E-state index in [9.17, 15) is 4.79 Å². The number of anilines is 2. The first-order valence-electron chi connectivity index (χ1n) is 8.27. The van der Waals surface area contributed by atoms with Gasteiger partial charge < -0.3 is 19.7 Å². The van der Waals surface area contributed by atoms with Crippen LogP contribution in [0.25, 0.3) is 6.08 Å². The lowest BCUT2D eigenvalue weighted by molar-refractivity contribution is -0.111. The maximum absolute atomic E-state index is 12.4. The predicted octanol–water partition coefficient (Wildman–Crippen LogP) is 3.34. The molecule has 1 saturated heterocycles. The summed E-state index contributed by atoms with van der Waals surface area (Å²) in [4.78, 5) is 18.9. The van der Waals surface area contributed by atoms with Gasteiger partial charge in [0.1, 0.15) is 5.75 Å². The highest BCUT2D eigenvalue weighted by atomic mass is 79.9. The molecule has 0 saturated carbocycles. The molecule has 1 aromatic heterocycles. The highest BCUT2D eigenvalue weighted by Crippen LogP contribution is 2.25. The highest BCUT2D eigenvalue weighted by molar-refractivity contribution is 9.10. The molecule has 1 amide bonds. The Balaban J connectivity index is 1.73. The molecule has 0 bridgehead atoms. The number of aromatic nitrogens is 1. The molecular formula is C19H20BrN3O3. The maximum Gasteiger partial charge on any atom is 0.248 e. The van der Waals surface area contributed by atoms with Crippen LogP contribution in [0.5, 0.6) is 5.75 Å². The lowest BCUT2D eigenvalue weighted by Crippen LogP contribution is -2.37. The SMILES string of the molecule is COc1ccc(Br)cc1/C=C/C(=O)Nc1cccnc1N1CCOCC1. The smallest absolute Gasteiger partial charge is 0.248 e. The first-order valence-corrected chi connectivity index (χ1v) is 9.07. The molecule has 1 aliphatic rings. The van der Waals surface area contributed by atoms with Crippen LogP contribution in [0.4, 0.5) is 11.5 Å². The summed E-state index contributed by atoms with van der Waals surface area (Å²) in [5.41, 5.74) is 1.50. The molecule has 136 valence electrons. The average Bonchev–Trinajstić information content (AvgIpc) is 2.67. The molecule has 0 radical (unpaired) electrons. The Morgan fingerprint density at radius 2 is 2.15 bits per heavy atom. The lowest BCUT2D eigenvalue weighted by atomic mass is 10.2. The monoisotopic (exact) mass is 417 g/mol. The van der Waals surface area contributed by atoms with Gasteiger partial charge in [0.25, 0.3) is 0 Å². The molecule has 1 fully saturated rings. The Kier molecular flexibility index (Phi) is 6.25. The number of amides is 1. The van der Waals surface area contributed by atoms with Gasteiger partial charge in [0.05, 0.1) is 26.0 Å². The molecule has 3 rings (SSSR count). The molecule has 6 nitrogen and oxygen atoms in total. The third-order valence-corrected chi connectivity index (χ3v) is 4.45. The average molecular weight is 418 g/mol. The molecule has 2 aromatic rings. The van der Waals surface area contributed by atoms with E-state index in [-0.39, 0.29) is 5.91 Å². The van der Waals surface area contributed by atoms with E-state index in [1.165, 1.54) is 6.08 Å². The van der Waals surface area contributed by atoms with Crippen molar-refractivity contribution >= 4 is 39.4 Å². The Morgan fingerprint density at radius 1 is 1.35 bits per heavy atom. The standard InChI is InChI=1S/C19H20BrN3O3/c1-25-17-6-5-15(20)13-14(17)4-7-18(24)22-16-3-2-8-21-19(16)23-9-11-26-12-10-23/h2-8,13H,9-12H2,1H3,(H,22,24)/b7-4+. The van der Waals surface area contributed by atoms with E-state index in [0.29, 0.717) is 24.7 Å². The van der Waals surface area contributed by atoms with Crippen molar-refractivity contribution in [3.63, 3.8) is 0 Å². The molecule has 7 heteroatoms. The Labute approximate surface area is 160 Å². The van der Waals surface area contributed by atoms with Gasteiger partial charge >= 0.3 is 0 Å². The zero-order valence-electron chi connectivity index (χ0n) is 14.4. The van der Waals surface area contributed by atoms with Crippen molar-refractivity contribution in [2.75, 3.05) is 43.6 Å². The highest BCUT2D eigenvalue weighted by Gasteiger charge is 2.16. The number of carbonyl (C=O) groups is 1. The molecule has 1 aliphatic heterocycles. The molecule has 0 unspecified atom stereocenters. The van der Waals surface area contributed by atoms with Crippen LogP contribution in [-0.2, 0) is 9.53 Å². The number of nitrogens with zero attached hydrogens (tertiary/aromatic N) is 2. The molecule has 1 N–H and O–H groups in total. The third kappa shape index (κ3) is 4.62. The number of hydrogen-bond acceptors (Lipinski definition) is 5. The van der Waals surface area contributed by atoms with Crippen molar-refractivity contribution in [2.24, 2.45) is 0 Å². The number of morpholine rings is 1. The number of hydrogen-bond donors (Lipinski definition) is 1. The fourth-order valence-corrected chi connectivity index (χ4v) is 3.08. The van der Waals surface area contributed by atoms with Gasteiger partial charge in [-0.1, -0.05) is 15.9 Å². The number of ether oxygens (including phenoxy) is 2. The minimum atomic E-state index is -0.227. The Hall–Kier alpha value is -2.38. The van der Waals surface area contributed by atoms with Gasteiger partial charge in [0.2, 0.25) is 5.91 Å². The fraction of sp³-hybridized carbons (Fsp3) is 0.263. The van der Waals surface area contributed by atoms with Gasteiger partial charge in [0, 0.05) is 35.4 Å². The van der Waals surface area contributed by atoms with Gasteiger partial charge in [-0.15, -0.1) is 0 Å². The predicted molar refractivity (Wildman–Crippen MR) is 106 cm³/mol. The number of methoxy groups -OCH3 is 1. The van der Waals surface area contributed by atoms with E-state index in [1.807, 2.05) is 24.3 Å². The van der Waals surface area contributed by atoms with Crippen molar-refractivity contribution in [3.05, 3.63) is 52.6 Å². The molecule has 0 spiro atoms. The van der Waals surface area contributed by atoms with Crippen molar-refractivity contribution in [1.29, 1.82) is 0 Å². The van der Waals surface area contributed by atoms with E-state index in [1.54, 1.807) is 25.4 Å². The topological polar surface area (TPSA) is 63.7 Å². The van der Waals surface area contributed by atoms with Gasteiger partial charge in [-0.2, -0.15) is 0 Å². The van der Waals surface area contributed by atoms with Crippen molar-refractivity contribution in [3.8, 4) is 5.75 Å². The summed E-state index contributed by atoms with van der Waals surface area (Å²) < 4.78 is 11.6. The number of pyridine rings is 1. The maximum atomic E-state index is 12.4. The minimum absolute atomic E-state index is 0.227. The van der Waals surface area contributed by atoms with E-state index in [0.717, 1.165) is 28.9 Å². The first kappa shape index (κ1) is 18.4. The summed E-state index contributed by atoms with van der Waals surface area (Å²) in [6.45, 7) is 2.83. The molecule has 1 aromatic carbocycles. The number of rotatable bonds is 5. The molecule has 0 aliphatic carbocycles. The largest absolute Gasteiger partial charge is 0.496 e. The van der Waals surface area contributed by atoms with Gasteiger partial charge in [0.15, 0.2) is 5.82 Å². The van der Waals surface area contributed by atoms with Crippen LogP contribution in [0.2, 0.25) is 0 Å². The lowest BCUT2D eigenvalue weighted by Gasteiger charge is -2.29. The Bertz CT molecular complexity index is 804. The summed E-state index contributed by atoms with van der Waals surface area (Å²) >= 11 is 3.43. The van der Waals surface area contributed by atoms with Crippen LogP contribution in [0.15, 0.2) is 47.1 Å². The van der Waals surface area contributed by atoms with Gasteiger partial charge in [-0.05, 0) is 36.4 Å². The molecule has 0 atom stereocenters. The van der Waals surface area contributed by atoms with Crippen LogP contribution < -0.4 is 15.0 Å². The minimum Gasteiger partial charge on any atom is -0.496 e. The van der Waals surface area contributed by atoms with Crippen LogP contribution in [0, 0.1) is 0 Å². The normalized spacial score (nSPS) is 14.5. The zero-order chi connectivity index (χ0) is 18.4. The van der Waals surface area contributed by atoms with Crippen molar-refractivity contribution < 1.29 is 14.3 Å². The quantitative estimate of drug-likeness (QED) is 0.755. The molecule has 26 heavy (non-hydrogen) atoms. The summed E-state index contributed by atoms with van der Waals surface area (Å²) in [6, 6.07) is 9.29. The Morgan fingerprint density at radius 3 is 2.92 bits per heavy atom. The second kappa shape index (κ2) is 8.82. The summed E-state index contributed by atoms with van der Waals surface area (Å²) in [5.74, 6) is 1.24. The van der Waals surface area contributed by atoms with Crippen LogP contribution in [0.3, 0.4) is 0 Å². The third-order valence-electron chi connectivity index (χ3n) is 3.96. The van der Waals surface area contributed by atoms with Crippen molar-refractivity contribution in [1.82, 2.24) is 4.98 Å². The number of halogens is 1. The zero-order valence-corrected chi connectivity index (χ0v) is 16.0. The molecular weight excluding hydrogens is 398 g/mol. The van der Waals surface area contributed by atoms with Crippen LogP contribution >= 0.6 is 15.9 Å². The van der Waals surface area contributed by atoms with Crippen LogP contribution in [-0.4, -0.2) is 44.3 Å². The fourth-order valence-electron chi connectivity index (χ4n) is 2.70. The van der Waals surface area contributed by atoms with Crippen molar-refractivity contribution in [2.45, 2.75) is 0 Å². The number of benzene rings is 1. The number of carbonyl (C=O) groups excluding carboxylic acids is 1. The first-order chi connectivity index (χ1) is 12.7.